The number of aliphatic hydroxyl groups excluding tert-OH is 1. The number of aryl methyl sites for hydroxylation is 1. The number of carbonyl (C=O) groups excluding carboxylic acids is 1. The lowest BCUT2D eigenvalue weighted by Crippen LogP contribution is -2.37. The van der Waals surface area contributed by atoms with Crippen molar-refractivity contribution in [3.05, 3.63) is 72.5 Å². The van der Waals surface area contributed by atoms with Crippen molar-refractivity contribution in [3.8, 4) is 0 Å². The topological polar surface area (TPSA) is 157 Å². The lowest BCUT2D eigenvalue weighted by Gasteiger charge is -2.17. The van der Waals surface area contributed by atoms with Gasteiger partial charge in [-0.1, -0.05) is 12.1 Å². The van der Waals surface area contributed by atoms with Gasteiger partial charge in [-0.25, -0.2) is 4.79 Å². The van der Waals surface area contributed by atoms with E-state index in [0.29, 0.717) is 5.56 Å². The van der Waals surface area contributed by atoms with Crippen molar-refractivity contribution in [2.75, 3.05) is 6.54 Å². The average molecular weight is 390 g/mol. The standard InChI is InChI=1S/C17H18N4O7/c1-9-8-20(17(25)19-15(9)23)14-6-12(22)13(28-14)7-18-16(24)10-4-2-3-5-11(10)21(26)27/h2-5,8,12-14,22H,6-7H2,1H3,(H,18,24)(H,19,23,25)/t12-,13+,14+/m0/s1. The largest absolute Gasteiger partial charge is 0.390 e. The van der Waals surface area contributed by atoms with E-state index >= 15 is 0 Å². The number of H-pyrrole nitrogens is 1. The number of ether oxygens (including phenoxy) is 1. The number of hydrogen-bond acceptors (Lipinski definition) is 7. The van der Waals surface area contributed by atoms with Crippen LogP contribution in [-0.4, -0.2) is 44.2 Å². The fourth-order valence-electron chi connectivity index (χ4n) is 2.98. The molecular formula is C17H18N4O7. The summed E-state index contributed by atoms with van der Waals surface area (Å²) < 4.78 is 6.81. The van der Waals surface area contributed by atoms with Crippen LogP contribution in [0, 0.1) is 17.0 Å². The first-order chi connectivity index (χ1) is 13.3. The van der Waals surface area contributed by atoms with Crippen LogP contribution in [0.25, 0.3) is 0 Å². The molecule has 3 rings (SSSR count). The van der Waals surface area contributed by atoms with Crippen LogP contribution in [0.4, 0.5) is 5.69 Å². The molecular weight excluding hydrogens is 372 g/mol. The molecule has 0 spiro atoms. The van der Waals surface area contributed by atoms with E-state index in [2.05, 4.69) is 10.3 Å². The molecule has 1 aromatic carbocycles. The third-order valence-corrected chi connectivity index (χ3v) is 4.47. The lowest BCUT2D eigenvalue weighted by atomic mass is 10.1. The van der Waals surface area contributed by atoms with E-state index in [0.717, 1.165) is 0 Å². The maximum atomic E-state index is 12.3. The third-order valence-electron chi connectivity index (χ3n) is 4.47. The summed E-state index contributed by atoms with van der Waals surface area (Å²) >= 11 is 0. The van der Waals surface area contributed by atoms with Crippen LogP contribution < -0.4 is 16.6 Å². The molecule has 11 nitrogen and oxygen atoms in total. The summed E-state index contributed by atoms with van der Waals surface area (Å²) in [5.41, 5.74) is -1.30. The summed E-state index contributed by atoms with van der Waals surface area (Å²) in [5, 5.41) is 23.7. The van der Waals surface area contributed by atoms with Crippen molar-refractivity contribution in [3.63, 3.8) is 0 Å². The SMILES string of the molecule is Cc1cn([C@H]2C[C@H](O)[C@@H](CNC(=O)c3ccccc3[N+](=O)[O-])O2)c(=O)[nH]c1=O. The number of nitro groups is 1. The fourth-order valence-corrected chi connectivity index (χ4v) is 2.98. The number of benzene rings is 1. The second kappa shape index (κ2) is 7.74. The maximum Gasteiger partial charge on any atom is 0.330 e. The van der Waals surface area contributed by atoms with E-state index in [1.807, 2.05) is 0 Å². The molecule has 28 heavy (non-hydrogen) atoms. The Morgan fingerprint density at radius 1 is 1.43 bits per heavy atom. The Kier molecular flexibility index (Phi) is 5.38. The van der Waals surface area contributed by atoms with Gasteiger partial charge >= 0.3 is 5.69 Å². The zero-order valence-corrected chi connectivity index (χ0v) is 14.8. The van der Waals surface area contributed by atoms with Crippen molar-refractivity contribution in [1.82, 2.24) is 14.9 Å². The molecule has 2 aromatic rings. The number of rotatable bonds is 5. The van der Waals surface area contributed by atoms with Crippen molar-refractivity contribution in [2.24, 2.45) is 0 Å². The first-order valence-electron chi connectivity index (χ1n) is 8.45. The zero-order chi connectivity index (χ0) is 20.4. The zero-order valence-electron chi connectivity index (χ0n) is 14.8. The van der Waals surface area contributed by atoms with Crippen LogP contribution in [0.15, 0.2) is 40.1 Å². The number of para-hydroxylation sites is 1. The highest BCUT2D eigenvalue weighted by atomic mass is 16.6. The summed E-state index contributed by atoms with van der Waals surface area (Å²) in [4.78, 5) is 48.2. The Morgan fingerprint density at radius 3 is 2.86 bits per heavy atom. The number of nitro benzene ring substituents is 1. The number of aliphatic hydroxyl groups is 1. The van der Waals surface area contributed by atoms with Gasteiger partial charge in [0.2, 0.25) is 0 Å². The normalized spacial score (nSPS) is 21.4. The van der Waals surface area contributed by atoms with E-state index < -0.39 is 40.5 Å². The van der Waals surface area contributed by atoms with Gasteiger partial charge in [-0.15, -0.1) is 0 Å². The summed E-state index contributed by atoms with van der Waals surface area (Å²) in [6.07, 6.45) is -1.19. The van der Waals surface area contributed by atoms with Gasteiger partial charge < -0.3 is 15.2 Å². The van der Waals surface area contributed by atoms with E-state index in [1.54, 1.807) is 0 Å². The molecule has 148 valence electrons. The Hall–Kier alpha value is -3.31. The minimum Gasteiger partial charge on any atom is -0.390 e. The van der Waals surface area contributed by atoms with Gasteiger partial charge in [0.15, 0.2) is 0 Å². The van der Waals surface area contributed by atoms with Crippen LogP contribution in [0.1, 0.15) is 28.6 Å². The average Bonchev–Trinajstić information content (AvgIpc) is 3.03. The maximum absolute atomic E-state index is 12.3. The minimum absolute atomic E-state index is 0.0808. The van der Waals surface area contributed by atoms with Crippen LogP contribution in [0.3, 0.4) is 0 Å². The number of nitrogens with one attached hydrogen (secondary N) is 2. The number of aromatic nitrogens is 2. The molecule has 1 aliphatic rings. The third kappa shape index (κ3) is 3.85. The van der Waals surface area contributed by atoms with E-state index in [-0.39, 0.29) is 24.2 Å². The van der Waals surface area contributed by atoms with Crippen LogP contribution in [-0.2, 0) is 4.74 Å². The number of hydrogen-bond donors (Lipinski definition) is 3. The molecule has 1 aromatic heterocycles. The van der Waals surface area contributed by atoms with Crippen LogP contribution in [0.2, 0.25) is 0 Å². The van der Waals surface area contributed by atoms with Gasteiger partial charge in [0, 0.05) is 30.8 Å². The van der Waals surface area contributed by atoms with Gasteiger partial charge in [0.1, 0.15) is 17.9 Å². The second-order valence-electron chi connectivity index (χ2n) is 6.40. The van der Waals surface area contributed by atoms with Gasteiger partial charge in [-0.2, -0.15) is 0 Å². The predicted octanol–water partition coefficient (Wildman–Crippen LogP) is -0.168. The molecule has 0 unspecified atom stereocenters. The molecule has 1 amide bonds. The number of amides is 1. The Balaban J connectivity index is 1.69. The Bertz CT molecular complexity index is 1030. The minimum atomic E-state index is -0.977. The highest BCUT2D eigenvalue weighted by Crippen LogP contribution is 2.27. The van der Waals surface area contributed by atoms with Gasteiger partial charge in [-0.3, -0.25) is 29.3 Å². The van der Waals surface area contributed by atoms with Crippen molar-refractivity contribution in [2.45, 2.75) is 31.8 Å². The van der Waals surface area contributed by atoms with Gasteiger partial charge in [0.25, 0.3) is 17.2 Å². The first kappa shape index (κ1) is 19.5. The summed E-state index contributed by atoms with van der Waals surface area (Å²) in [6.45, 7) is 1.42. The second-order valence-corrected chi connectivity index (χ2v) is 6.40. The van der Waals surface area contributed by atoms with Crippen molar-refractivity contribution in [1.29, 1.82) is 0 Å². The van der Waals surface area contributed by atoms with E-state index in [4.69, 9.17) is 4.74 Å². The Labute approximate surface area is 157 Å². The quantitative estimate of drug-likeness (QED) is 0.472. The molecule has 1 fully saturated rings. The fraction of sp³-hybridized carbons (Fsp3) is 0.353. The molecule has 3 N–H and O–H groups in total. The smallest absolute Gasteiger partial charge is 0.330 e. The summed E-state index contributed by atoms with van der Waals surface area (Å²) in [5.74, 6) is -0.677. The first-order valence-corrected chi connectivity index (χ1v) is 8.45. The highest BCUT2D eigenvalue weighted by Gasteiger charge is 2.36. The molecule has 0 bridgehead atoms. The number of carbonyl (C=O) groups is 1. The lowest BCUT2D eigenvalue weighted by molar-refractivity contribution is -0.385. The predicted molar refractivity (Wildman–Crippen MR) is 96.0 cm³/mol. The molecule has 0 aliphatic carbocycles. The van der Waals surface area contributed by atoms with Crippen LogP contribution in [0.5, 0.6) is 0 Å². The monoisotopic (exact) mass is 390 g/mol. The molecule has 0 saturated carbocycles. The molecule has 1 aliphatic heterocycles. The van der Waals surface area contributed by atoms with Crippen LogP contribution >= 0.6 is 0 Å². The summed E-state index contributed by atoms with van der Waals surface area (Å²) in [7, 11) is 0. The van der Waals surface area contributed by atoms with Gasteiger partial charge in [0.05, 0.1) is 11.0 Å². The van der Waals surface area contributed by atoms with Crippen molar-refractivity contribution >= 4 is 11.6 Å². The van der Waals surface area contributed by atoms with Crippen molar-refractivity contribution < 1.29 is 19.6 Å². The van der Waals surface area contributed by atoms with E-state index in [1.165, 1.54) is 42.0 Å². The molecule has 1 saturated heterocycles. The molecule has 2 heterocycles. The van der Waals surface area contributed by atoms with E-state index in [9.17, 15) is 29.6 Å². The highest BCUT2D eigenvalue weighted by molar-refractivity contribution is 5.98. The molecule has 0 radical (unpaired) electrons. The Morgan fingerprint density at radius 2 is 2.14 bits per heavy atom. The number of aromatic amines is 1. The van der Waals surface area contributed by atoms with Gasteiger partial charge in [-0.05, 0) is 13.0 Å². The summed E-state index contributed by atoms with van der Waals surface area (Å²) in [6, 6.07) is 5.50. The molecule has 11 heteroatoms. The number of nitrogens with zero attached hydrogens (tertiary/aromatic N) is 2. The molecule has 3 atom stereocenters.